The first-order chi connectivity index (χ1) is 25.0. The third kappa shape index (κ3) is 11.9. The fraction of sp³-hybridized carbons (Fsp3) is 0.500. The summed E-state index contributed by atoms with van der Waals surface area (Å²) in [6, 6.07) is 20.2. The van der Waals surface area contributed by atoms with Gasteiger partial charge >= 0.3 is 0 Å². The van der Waals surface area contributed by atoms with Gasteiger partial charge in [0, 0.05) is 89.7 Å². The maximum Gasteiger partial charge on any atom is 0.0426 e. The molecule has 3 heteroatoms. The van der Waals surface area contributed by atoms with Gasteiger partial charge in [-0.1, -0.05) is 116 Å². The summed E-state index contributed by atoms with van der Waals surface area (Å²) in [5, 5.41) is 0. The summed E-state index contributed by atoms with van der Waals surface area (Å²) in [4.78, 5) is 7.61. The number of anilines is 3. The predicted molar refractivity (Wildman–Crippen MR) is 223 cm³/mol. The van der Waals surface area contributed by atoms with Gasteiger partial charge in [0.05, 0.1) is 0 Å². The molecule has 3 nitrogen and oxygen atoms in total. The molecule has 1 aliphatic carbocycles. The molecule has 4 rings (SSSR count). The number of fused-ring (bicyclic) bond motifs is 3. The van der Waals surface area contributed by atoms with Crippen molar-refractivity contribution in [3.05, 3.63) is 88.0 Å². The summed E-state index contributed by atoms with van der Waals surface area (Å²) < 4.78 is 0. The van der Waals surface area contributed by atoms with Crippen LogP contribution in [0.15, 0.2) is 54.6 Å². The highest BCUT2D eigenvalue weighted by Crippen LogP contribution is 2.25. The van der Waals surface area contributed by atoms with E-state index in [0.717, 1.165) is 72.6 Å². The van der Waals surface area contributed by atoms with E-state index in [4.69, 9.17) is 0 Å². The molecule has 0 aromatic heterocycles. The Morgan fingerprint density at radius 1 is 0.314 bits per heavy atom. The van der Waals surface area contributed by atoms with Crippen LogP contribution in [0.2, 0.25) is 0 Å². The molecule has 0 aliphatic heterocycles. The van der Waals surface area contributed by atoms with Crippen molar-refractivity contribution in [2.24, 2.45) is 0 Å². The van der Waals surface area contributed by atoms with Crippen LogP contribution in [-0.4, -0.2) is 39.3 Å². The topological polar surface area (TPSA) is 9.72 Å². The van der Waals surface area contributed by atoms with Crippen molar-refractivity contribution >= 4 is 17.1 Å². The van der Waals surface area contributed by atoms with E-state index in [9.17, 15) is 0 Å². The summed E-state index contributed by atoms with van der Waals surface area (Å²) in [6.45, 7) is 20.0. The van der Waals surface area contributed by atoms with E-state index in [1.807, 2.05) is 0 Å². The van der Waals surface area contributed by atoms with E-state index >= 15 is 0 Å². The van der Waals surface area contributed by atoms with Crippen LogP contribution in [0.25, 0.3) is 0 Å². The average Bonchev–Trinajstić information content (AvgIpc) is 3.15. The van der Waals surface area contributed by atoms with Gasteiger partial charge in [0.2, 0.25) is 0 Å². The fourth-order valence-electron chi connectivity index (χ4n) is 6.43. The molecule has 51 heavy (non-hydrogen) atoms. The maximum absolute atomic E-state index is 3.62. The minimum absolute atomic E-state index is 0.969. The quantitative estimate of drug-likeness (QED) is 0.0811. The van der Waals surface area contributed by atoms with Crippen LogP contribution in [0.4, 0.5) is 17.1 Å². The minimum Gasteiger partial charge on any atom is -0.372 e. The largest absolute Gasteiger partial charge is 0.372 e. The molecule has 0 saturated heterocycles. The van der Waals surface area contributed by atoms with Crippen LogP contribution < -0.4 is 14.7 Å². The Balaban J connectivity index is 1.90. The van der Waals surface area contributed by atoms with Crippen LogP contribution in [0.5, 0.6) is 0 Å². The molecule has 1 aliphatic rings. The monoisotopic (exact) mass is 682 g/mol. The number of nitrogens with zero attached hydrogens (tertiary/aromatic N) is 3. The second-order valence-corrected chi connectivity index (χ2v) is 14.0. The van der Waals surface area contributed by atoms with E-state index in [0.29, 0.717) is 0 Å². The summed E-state index contributed by atoms with van der Waals surface area (Å²) >= 11 is 0. The highest BCUT2D eigenvalue weighted by molar-refractivity contribution is 5.68. The lowest BCUT2D eigenvalue weighted by molar-refractivity contribution is 0.678. The van der Waals surface area contributed by atoms with E-state index in [1.54, 1.807) is 0 Å². The summed E-state index contributed by atoms with van der Waals surface area (Å²) in [7, 11) is 0. The van der Waals surface area contributed by atoms with Gasteiger partial charge < -0.3 is 14.7 Å². The lowest BCUT2D eigenvalue weighted by Gasteiger charge is -2.25. The van der Waals surface area contributed by atoms with Gasteiger partial charge in [-0.15, -0.1) is 0 Å². The third-order valence-electron chi connectivity index (χ3n) is 9.79. The van der Waals surface area contributed by atoms with E-state index in [2.05, 4.69) is 146 Å². The summed E-state index contributed by atoms with van der Waals surface area (Å²) in [5.74, 6) is 21.5. The van der Waals surface area contributed by atoms with Crippen LogP contribution in [0.1, 0.15) is 152 Å². The van der Waals surface area contributed by atoms with Gasteiger partial charge in [-0.05, 0) is 93.1 Å². The number of hydrogen-bond acceptors (Lipinski definition) is 3. The van der Waals surface area contributed by atoms with Crippen LogP contribution in [0.3, 0.4) is 0 Å². The molecule has 0 atom stereocenters. The second-order valence-electron chi connectivity index (χ2n) is 14.0. The first-order valence-corrected chi connectivity index (χ1v) is 20.3. The van der Waals surface area contributed by atoms with E-state index < -0.39 is 0 Å². The van der Waals surface area contributed by atoms with Crippen molar-refractivity contribution in [2.45, 2.75) is 119 Å². The van der Waals surface area contributed by atoms with Gasteiger partial charge in [0.1, 0.15) is 0 Å². The van der Waals surface area contributed by atoms with Gasteiger partial charge in [-0.3, -0.25) is 0 Å². The number of unbranched alkanes of at least 4 members (excludes halogenated alkanes) is 6. The molecule has 3 aromatic rings. The third-order valence-corrected chi connectivity index (χ3v) is 9.79. The fourth-order valence-corrected chi connectivity index (χ4v) is 6.43. The van der Waals surface area contributed by atoms with Crippen LogP contribution >= 0.6 is 0 Å². The van der Waals surface area contributed by atoms with Crippen molar-refractivity contribution < 1.29 is 0 Å². The summed E-state index contributed by atoms with van der Waals surface area (Å²) in [6.07, 6.45) is 14.2. The molecule has 0 radical (unpaired) electrons. The molecule has 270 valence electrons. The van der Waals surface area contributed by atoms with Crippen LogP contribution in [0, 0.1) is 35.5 Å². The Bertz CT molecular complexity index is 1690. The van der Waals surface area contributed by atoms with Gasteiger partial charge in [0.25, 0.3) is 0 Å². The first-order valence-electron chi connectivity index (χ1n) is 20.3. The van der Waals surface area contributed by atoms with Crippen molar-refractivity contribution in [1.29, 1.82) is 0 Å². The molecular weight excluding hydrogens is 619 g/mol. The maximum atomic E-state index is 3.62. The molecular formula is C48H63N3. The Morgan fingerprint density at radius 2 is 0.529 bits per heavy atom. The smallest absolute Gasteiger partial charge is 0.0426 e. The molecule has 0 heterocycles. The molecule has 0 spiro atoms. The lowest BCUT2D eigenvalue weighted by atomic mass is 10.00. The Kier molecular flexibility index (Phi) is 16.9. The van der Waals surface area contributed by atoms with Crippen molar-refractivity contribution in [2.75, 3.05) is 54.0 Å². The Morgan fingerprint density at radius 3 is 0.745 bits per heavy atom. The van der Waals surface area contributed by atoms with Gasteiger partial charge in [-0.25, -0.2) is 0 Å². The van der Waals surface area contributed by atoms with Crippen molar-refractivity contribution in [3.63, 3.8) is 0 Å². The Labute approximate surface area is 312 Å². The molecule has 3 aromatic carbocycles. The normalized spacial score (nSPS) is 11.2. The molecule has 0 saturated carbocycles. The molecule has 0 bridgehead atoms. The minimum atomic E-state index is 0.969. The van der Waals surface area contributed by atoms with Gasteiger partial charge in [-0.2, -0.15) is 0 Å². The van der Waals surface area contributed by atoms with Gasteiger partial charge in [0.15, 0.2) is 0 Å². The van der Waals surface area contributed by atoms with Crippen molar-refractivity contribution in [1.82, 2.24) is 0 Å². The van der Waals surface area contributed by atoms with E-state index in [1.165, 1.54) is 94.1 Å². The summed E-state index contributed by atoms with van der Waals surface area (Å²) in [5.41, 5.74) is 9.59. The Hall–Kier alpha value is -4.26. The van der Waals surface area contributed by atoms with Crippen molar-refractivity contribution in [3.8, 4) is 35.5 Å². The second kappa shape index (κ2) is 21.8. The zero-order chi connectivity index (χ0) is 36.3. The van der Waals surface area contributed by atoms with E-state index in [-0.39, 0.29) is 0 Å². The number of hydrogen-bond donors (Lipinski definition) is 0. The molecule has 0 N–H and O–H groups in total. The zero-order valence-electron chi connectivity index (χ0n) is 32.8. The first kappa shape index (κ1) is 39.5. The number of rotatable bonds is 21. The predicted octanol–water partition coefficient (Wildman–Crippen LogP) is 11.4. The average molecular weight is 682 g/mol. The SMILES string of the molecule is CCCCN(CCCC)c1ccc2c(c1)C#Cc1ccc(N(CCCC)CCCC)cc1C#Cc1cc(N(CCCC)CCCC)ccc1C#C2. The molecule has 0 fully saturated rings. The number of benzene rings is 3. The zero-order valence-corrected chi connectivity index (χ0v) is 32.8. The standard InChI is InChI=1S/C48H63N3/c1-7-13-31-49(32-14-8-2)46-28-25-40-19-20-41-26-29-47(50(33-15-9-3)34-16-10-4)38-44(41)23-24-45-39-48(51(35-17-11-5)36-18-12-6)30-27-42(45)21-22-43(40)37-46/h25-30,37-39H,7-18,31-36H2,1-6H3. The molecule has 0 amide bonds. The highest BCUT2D eigenvalue weighted by atomic mass is 15.1. The highest BCUT2D eigenvalue weighted by Gasteiger charge is 2.13. The molecule has 0 unspecified atom stereocenters. The lowest BCUT2D eigenvalue weighted by Crippen LogP contribution is -2.25. The van der Waals surface area contributed by atoms with Crippen LogP contribution in [-0.2, 0) is 0 Å².